The summed E-state index contributed by atoms with van der Waals surface area (Å²) in [6.07, 6.45) is 2.95. The Hall–Kier alpha value is -1.72. The molecule has 0 saturated carbocycles. The van der Waals surface area contributed by atoms with E-state index in [9.17, 15) is 0 Å². The quantitative estimate of drug-likeness (QED) is 0.738. The van der Waals surface area contributed by atoms with Gasteiger partial charge in [0.15, 0.2) is 5.65 Å². The lowest BCUT2D eigenvalue weighted by Gasteiger charge is -2.16. The summed E-state index contributed by atoms with van der Waals surface area (Å²) in [5, 5.41) is 8.21. The zero-order valence-corrected chi connectivity index (χ0v) is 13.3. The molecule has 106 valence electrons. The van der Waals surface area contributed by atoms with Crippen LogP contribution in [0.3, 0.4) is 0 Å². The summed E-state index contributed by atoms with van der Waals surface area (Å²) >= 11 is 3.69. The van der Waals surface area contributed by atoms with Crippen LogP contribution in [0.1, 0.15) is 16.8 Å². The minimum atomic E-state index is 0.870. The molecule has 0 saturated heterocycles. The number of rotatable bonds is 1. The highest BCUT2D eigenvalue weighted by Crippen LogP contribution is 2.33. The van der Waals surface area contributed by atoms with Crippen LogP contribution in [-0.2, 0) is 13.0 Å². The van der Waals surface area contributed by atoms with Crippen molar-refractivity contribution in [2.24, 2.45) is 0 Å². The van der Waals surface area contributed by atoms with Crippen LogP contribution in [-0.4, -0.2) is 21.1 Å². The molecule has 3 aromatic rings. The molecule has 4 nitrogen and oxygen atoms in total. The molecule has 21 heavy (non-hydrogen) atoms. The van der Waals surface area contributed by atoms with Gasteiger partial charge in [0.05, 0.1) is 10.2 Å². The Bertz CT molecular complexity index is 838. The molecule has 0 fully saturated rings. The Labute approximate surface area is 131 Å². The molecule has 0 bridgehead atoms. The predicted octanol–water partition coefficient (Wildman–Crippen LogP) is 3.11. The van der Waals surface area contributed by atoms with Crippen molar-refractivity contribution in [3.63, 3.8) is 0 Å². The summed E-state index contributed by atoms with van der Waals surface area (Å²) in [5.41, 5.74) is 6.73. The Morgan fingerprint density at radius 1 is 1.29 bits per heavy atom. The van der Waals surface area contributed by atoms with Crippen molar-refractivity contribution >= 4 is 21.6 Å². The molecule has 0 unspecified atom stereocenters. The van der Waals surface area contributed by atoms with Crippen LogP contribution in [0, 0.1) is 6.92 Å². The van der Waals surface area contributed by atoms with Crippen molar-refractivity contribution < 1.29 is 0 Å². The summed E-state index contributed by atoms with van der Waals surface area (Å²) in [6, 6.07) is 8.31. The largest absolute Gasteiger partial charge is 0.312 e. The number of hydrogen-bond donors (Lipinski definition) is 1. The van der Waals surface area contributed by atoms with Crippen LogP contribution in [0.15, 0.2) is 34.9 Å². The lowest BCUT2D eigenvalue weighted by molar-refractivity contribution is 0.610. The standard InChI is InChI=1S/C16H15BrN4/c1-10-4-2-3-5-12(10)15-14(17)16-19-9-11-8-18-7-6-13(11)21(16)20-15/h2-5,9,18H,6-8H2,1H3. The molecule has 1 aliphatic heterocycles. The first kappa shape index (κ1) is 13.0. The summed E-state index contributed by atoms with van der Waals surface area (Å²) < 4.78 is 2.97. The molecule has 2 aromatic heterocycles. The van der Waals surface area contributed by atoms with E-state index in [1.165, 1.54) is 16.8 Å². The van der Waals surface area contributed by atoms with Gasteiger partial charge in [-0.15, -0.1) is 0 Å². The van der Waals surface area contributed by atoms with Crippen LogP contribution in [0.5, 0.6) is 0 Å². The molecule has 1 aliphatic rings. The van der Waals surface area contributed by atoms with Gasteiger partial charge in [-0.25, -0.2) is 9.50 Å². The number of halogens is 1. The fourth-order valence-corrected chi connectivity index (χ4v) is 3.46. The van der Waals surface area contributed by atoms with Gasteiger partial charge in [-0.05, 0) is 28.4 Å². The van der Waals surface area contributed by atoms with Gasteiger partial charge in [-0.1, -0.05) is 24.3 Å². The topological polar surface area (TPSA) is 42.2 Å². The minimum absolute atomic E-state index is 0.870. The zero-order valence-electron chi connectivity index (χ0n) is 11.7. The molecule has 5 heteroatoms. The van der Waals surface area contributed by atoms with Gasteiger partial charge in [-0.2, -0.15) is 5.10 Å². The second-order valence-electron chi connectivity index (χ2n) is 5.37. The average Bonchev–Trinajstić information content (AvgIpc) is 2.85. The van der Waals surface area contributed by atoms with Crippen LogP contribution in [0.4, 0.5) is 0 Å². The number of benzene rings is 1. The van der Waals surface area contributed by atoms with E-state index >= 15 is 0 Å². The van der Waals surface area contributed by atoms with E-state index in [-0.39, 0.29) is 0 Å². The second-order valence-corrected chi connectivity index (χ2v) is 6.16. The highest BCUT2D eigenvalue weighted by Gasteiger charge is 2.20. The maximum absolute atomic E-state index is 4.84. The van der Waals surface area contributed by atoms with Gasteiger partial charge in [0, 0.05) is 36.8 Å². The van der Waals surface area contributed by atoms with Crippen LogP contribution in [0.2, 0.25) is 0 Å². The van der Waals surface area contributed by atoms with Gasteiger partial charge in [0.25, 0.3) is 0 Å². The van der Waals surface area contributed by atoms with Crippen molar-refractivity contribution in [2.45, 2.75) is 19.9 Å². The van der Waals surface area contributed by atoms with Crippen molar-refractivity contribution in [1.29, 1.82) is 0 Å². The van der Waals surface area contributed by atoms with Crippen LogP contribution in [0.25, 0.3) is 16.9 Å². The summed E-state index contributed by atoms with van der Waals surface area (Å²) in [7, 11) is 0. The highest BCUT2D eigenvalue weighted by molar-refractivity contribution is 9.10. The summed E-state index contributed by atoms with van der Waals surface area (Å²) in [5.74, 6) is 0. The Kier molecular flexibility index (Phi) is 3.05. The molecule has 3 heterocycles. The molecule has 0 radical (unpaired) electrons. The number of nitrogens with one attached hydrogen (secondary N) is 1. The lowest BCUT2D eigenvalue weighted by atomic mass is 10.1. The fourth-order valence-electron chi connectivity index (χ4n) is 2.89. The molecule has 1 N–H and O–H groups in total. The number of aryl methyl sites for hydroxylation is 1. The summed E-state index contributed by atoms with van der Waals surface area (Å²) in [4.78, 5) is 4.58. The molecule has 0 amide bonds. The highest BCUT2D eigenvalue weighted by atomic mass is 79.9. The smallest absolute Gasteiger partial charge is 0.170 e. The monoisotopic (exact) mass is 342 g/mol. The second kappa shape index (κ2) is 4.93. The van der Waals surface area contributed by atoms with Crippen LogP contribution >= 0.6 is 15.9 Å². The Balaban J connectivity index is 2.00. The molecular weight excluding hydrogens is 328 g/mol. The predicted molar refractivity (Wildman–Crippen MR) is 86.3 cm³/mol. The third-order valence-electron chi connectivity index (χ3n) is 4.03. The molecule has 1 aromatic carbocycles. The first-order valence-corrected chi connectivity index (χ1v) is 7.86. The molecular formula is C16H15BrN4. The first-order chi connectivity index (χ1) is 10.3. The Morgan fingerprint density at radius 3 is 3.00 bits per heavy atom. The van der Waals surface area contributed by atoms with E-state index in [2.05, 4.69) is 45.3 Å². The number of aromatic nitrogens is 3. The Morgan fingerprint density at radius 2 is 2.14 bits per heavy atom. The van der Waals surface area contributed by atoms with Gasteiger partial charge in [0.2, 0.25) is 0 Å². The third kappa shape index (κ3) is 2.00. The first-order valence-electron chi connectivity index (χ1n) is 7.07. The average molecular weight is 343 g/mol. The van der Waals surface area contributed by atoms with Gasteiger partial charge >= 0.3 is 0 Å². The normalized spacial score (nSPS) is 14.4. The third-order valence-corrected chi connectivity index (χ3v) is 4.76. The SMILES string of the molecule is Cc1ccccc1-c1nn2c3c(cnc2c1Br)CNCC3. The zero-order chi connectivity index (χ0) is 14.4. The van der Waals surface area contributed by atoms with Gasteiger partial charge in [-0.3, -0.25) is 0 Å². The van der Waals surface area contributed by atoms with E-state index in [4.69, 9.17) is 5.10 Å². The molecule has 0 atom stereocenters. The van der Waals surface area contributed by atoms with Crippen molar-refractivity contribution in [3.05, 3.63) is 51.8 Å². The lowest BCUT2D eigenvalue weighted by Crippen LogP contribution is -2.26. The minimum Gasteiger partial charge on any atom is -0.312 e. The van der Waals surface area contributed by atoms with E-state index in [1.807, 2.05) is 22.8 Å². The number of fused-ring (bicyclic) bond motifs is 3. The molecule has 0 aliphatic carbocycles. The van der Waals surface area contributed by atoms with E-state index in [0.717, 1.165) is 40.9 Å². The maximum atomic E-state index is 4.84. The fraction of sp³-hybridized carbons (Fsp3) is 0.250. The molecule has 4 rings (SSSR count). The van der Waals surface area contributed by atoms with E-state index in [0.29, 0.717) is 0 Å². The van der Waals surface area contributed by atoms with Crippen LogP contribution < -0.4 is 5.32 Å². The van der Waals surface area contributed by atoms with Crippen molar-refractivity contribution in [1.82, 2.24) is 19.9 Å². The van der Waals surface area contributed by atoms with Gasteiger partial charge < -0.3 is 5.32 Å². The summed E-state index contributed by atoms with van der Waals surface area (Å²) in [6.45, 7) is 3.97. The van der Waals surface area contributed by atoms with Crippen molar-refractivity contribution in [3.8, 4) is 11.3 Å². The maximum Gasteiger partial charge on any atom is 0.170 e. The number of nitrogens with zero attached hydrogens (tertiary/aromatic N) is 3. The number of hydrogen-bond acceptors (Lipinski definition) is 3. The van der Waals surface area contributed by atoms with E-state index in [1.54, 1.807) is 0 Å². The van der Waals surface area contributed by atoms with Gasteiger partial charge in [0.1, 0.15) is 5.69 Å². The molecule has 0 spiro atoms. The van der Waals surface area contributed by atoms with E-state index < -0.39 is 0 Å². The van der Waals surface area contributed by atoms with Crippen molar-refractivity contribution in [2.75, 3.05) is 6.54 Å².